The maximum absolute atomic E-state index is 11.7. The SMILES string of the molecule is CCC(CO)(CO)CO.Cc1cn([C@H]2C[C@H](O)[C@@H](COP(=O)(O)O)O2)c(=O)[nH]c1=O.O=C1C=CC(=O)O1. The molecule has 0 amide bonds. The molecular weight excluding hydrogens is 523 g/mol. The van der Waals surface area contributed by atoms with Crippen molar-refractivity contribution >= 4 is 19.8 Å². The van der Waals surface area contributed by atoms with Crippen molar-refractivity contribution in [3.8, 4) is 0 Å². The van der Waals surface area contributed by atoms with Crippen LogP contribution in [0.5, 0.6) is 0 Å². The van der Waals surface area contributed by atoms with Gasteiger partial charge in [-0.3, -0.25) is 18.9 Å². The van der Waals surface area contributed by atoms with Crippen molar-refractivity contribution in [2.24, 2.45) is 5.41 Å². The predicted octanol–water partition coefficient (Wildman–Crippen LogP) is -2.41. The molecule has 0 aromatic carbocycles. The highest BCUT2D eigenvalue weighted by Crippen LogP contribution is 2.38. The molecule has 2 aliphatic rings. The van der Waals surface area contributed by atoms with Gasteiger partial charge in [-0.1, -0.05) is 6.92 Å². The Morgan fingerprint density at radius 1 is 1.11 bits per heavy atom. The van der Waals surface area contributed by atoms with E-state index >= 15 is 0 Å². The summed E-state index contributed by atoms with van der Waals surface area (Å²) >= 11 is 0. The van der Waals surface area contributed by atoms with E-state index in [1.54, 1.807) is 0 Å². The molecule has 37 heavy (non-hydrogen) atoms. The van der Waals surface area contributed by atoms with Crippen LogP contribution in [0.2, 0.25) is 0 Å². The van der Waals surface area contributed by atoms with E-state index in [-0.39, 0.29) is 26.2 Å². The fourth-order valence-electron chi connectivity index (χ4n) is 2.80. The number of hydrogen-bond donors (Lipinski definition) is 7. The van der Waals surface area contributed by atoms with Gasteiger partial charge in [0, 0.05) is 35.7 Å². The number of carbonyl (C=O) groups excluding carboxylic acids is 2. The molecule has 0 spiro atoms. The van der Waals surface area contributed by atoms with Gasteiger partial charge in [0.25, 0.3) is 5.56 Å². The van der Waals surface area contributed by atoms with Crippen molar-refractivity contribution in [3.05, 3.63) is 44.8 Å². The number of ether oxygens (including phenoxy) is 2. The van der Waals surface area contributed by atoms with Gasteiger partial charge in [-0.25, -0.2) is 18.9 Å². The van der Waals surface area contributed by atoms with E-state index < -0.39 is 61.5 Å². The molecule has 1 fully saturated rings. The number of phosphoric acid groups is 1. The molecule has 0 saturated carbocycles. The van der Waals surface area contributed by atoms with Crippen LogP contribution in [0, 0.1) is 12.3 Å². The summed E-state index contributed by atoms with van der Waals surface area (Å²) in [4.78, 5) is 62.2. The third-order valence-corrected chi connectivity index (χ3v) is 5.87. The smallest absolute Gasteiger partial charge is 0.396 e. The van der Waals surface area contributed by atoms with Gasteiger partial charge in [-0.05, 0) is 13.3 Å². The number of aromatic nitrogens is 2. The first-order chi connectivity index (χ1) is 17.2. The van der Waals surface area contributed by atoms with E-state index in [4.69, 9.17) is 29.8 Å². The van der Waals surface area contributed by atoms with Crippen LogP contribution in [0.1, 0.15) is 31.6 Å². The van der Waals surface area contributed by atoms with Crippen molar-refractivity contribution in [2.45, 2.75) is 45.1 Å². The summed E-state index contributed by atoms with van der Waals surface area (Å²) in [5.41, 5.74) is -1.59. The molecule has 16 nitrogen and oxygen atoms in total. The lowest BCUT2D eigenvalue weighted by molar-refractivity contribution is -0.150. The second kappa shape index (κ2) is 14.4. The van der Waals surface area contributed by atoms with E-state index in [0.717, 1.165) is 16.7 Å². The number of carbonyl (C=O) groups is 2. The number of cyclic esters (lactones) is 2. The Morgan fingerprint density at radius 3 is 2.03 bits per heavy atom. The molecule has 1 saturated heterocycles. The van der Waals surface area contributed by atoms with Gasteiger partial charge >= 0.3 is 25.5 Å². The zero-order valence-electron chi connectivity index (χ0n) is 20.1. The van der Waals surface area contributed by atoms with Gasteiger partial charge in [0.1, 0.15) is 12.3 Å². The summed E-state index contributed by atoms with van der Waals surface area (Å²) < 4.78 is 25.3. The predicted molar refractivity (Wildman–Crippen MR) is 123 cm³/mol. The normalized spacial score (nSPS) is 21.1. The van der Waals surface area contributed by atoms with Crippen LogP contribution in [0.4, 0.5) is 0 Å². The summed E-state index contributed by atoms with van der Waals surface area (Å²) in [6, 6.07) is 0. The molecule has 1 aromatic heterocycles. The zero-order valence-corrected chi connectivity index (χ0v) is 20.9. The Balaban J connectivity index is 0.000000350. The second-order valence-electron chi connectivity index (χ2n) is 8.10. The summed E-state index contributed by atoms with van der Waals surface area (Å²) in [7, 11) is -4.67. The lowest BCUT2D eigenvalue weighted by atomic mass is 9.88. The summed E-state index contributed by atoms with van der Waals surface area (Å²) in [5.74, 6) is -1.16. The van der Waals surface area contributed by atoms with Crippen LogP contribution in [-0.4, -0.2) is 90.3 Å². The Labute approximate surface area is 210 Å². The fourth-order valence-corrected chi connectivity index (χ4v) is 3.14. The average molecular weight is 554 g/mol. The van der Waals surface area contributed by atoms with Gasteiger partial charge in [0.15, 0.2) is 0 Å². The van der Waals surface area contributed by atoms with Crippen molar-refractivity contribution in [1.82, 2.24) is 9.55 Å². The molecule has 3 rings (SSSR count). The van der Waals surface area contributed by atoms with Crippen LogP contribution >= 0.6 is 7.82 Å². The van der Waals surface area contributed by atoms with Crippen LogP contribution in [0.3, 0.4) is 0 Å². The quantitative estimate of drug-likeness (QED) is 0.100. The van der Waals surface area contributed by atoms with E-state index in [1.165, 1.54) is 13.1 Å². The van der Waals surface area contributed by atoms with Crippen molar-refractivity contribution in [1.29, 1.82) is 0 Å². The van der Waals surface area contributed by atoms with Crippen LogP contribution in [0.25, 0.3) is 0 Å². The number of aliphatic hydroxyl groups is 4. The third-order valence-electron chi connectivity index (χ3n) is 5.38. The third kappa shape index (κ3) is 10.4. The second-order valence-corrected chi connectivity index (χ2v) is 9.34. The zero-order chi connectivity index (χ0) is 28.4. The number of phosphoric ester groups is 1. The van der Waals surface area contributed by atoms with Gasteiger partial charge < -0.3 is 39.7 Å². The first-order valence-corrected chi connectivity index (χ1v) is 12.4. The van der Waals surface area contributed by atoms with E-state index in [1.807, 2.05) is 6.92 Å². The number of esters is 2. The Kier molecular flexibility index (Phi) is 12.7. The topological polar surface area (TPSA) is 255 Å². The minimum absolute atomic E-state index is 0.0283. The number of nitrogens with one attached hydrogen (secondary N) is 1. The molecule has 1 aromatic rings. The lowest BCUT2D eigenvalue weighted by Crippen LogP contribution is -2.33. The minimum atomic E-state index is -4.67. The van der Waals surface area contributed by atoms with Crippen LogP contribution < -0.4 is 11.2 Å². The number of rotatable bonds is 8. The molecule has 7 N–H and O–H groups in total. The molecular formula is C20H31N2O14P. The number of aromatic amines is 1. The minimum Gasteiger partial charge on any atom is -0.396 e. The molecule has 0 bridgehead atoms. The Morgan fingerprint density at radius 2 is 1.65 bits per heavy atom. The first kappa shape index (κ1) is 32.5. The molecule has 17 heteroatoms. The number of nitrogens with zero attached hydrogens (tertiary/aromatic N) is 1. The number of aliphatic hydroxyl groups excluding tert-OH is 4. The van der Waals surface area contributed by atoms with Crippen LogP contribution in [-0.2, 0) is 28.2 Å². The number of H-pyrrole nitrogens is 1. The summed E-state index contributed by atoms with van der Waals surface area (Å²) in [6.07, 6.45) is 1.20. The maximum Gasteiger partial charge on any atom is 0.469 e. The molecule has 0 radical (unpaired) electrons. The number of hydrogen-bond acceptors (Lipinski definition) is 12. The highest BCUT2D eigenvalue weighted by atomic mass is 31.2. The van der Waals surface area contributed by atoms with Crippen molar-refractivity contribution in [2.75, 3.05) is 26.4 Å². The monoisotopic (exact) mass is 554 g/mol. The Hall–Kier alpha value is -2.53. The van der Waals surface area contributed by atoms with Crippen molar-refractivity contribution in [3.63, 3.8) is 0 Å². The fraction of sp³-hybridized carbons (Fsp3) is 0.600. The Bertz CT molecular complexity index is 1070. The molecule has 0 aliphatic carbocycles. The standard InChI is InChI=1S/C10H15N2O8P.C6H14O3.C4H2O3/c1-5-3-12(10(15)11-9(5)14)8-2-6(13)7(20-8)4-19-21(16,17)18;1-2-6(3-7,4-8)5-9;5-3-1-2-4(6)7-3/h3,6-8,13H,2,4H2,1H3,(H,11,14,15)(H2,16,17,18);7-9H,2-5H2,1H3;1-2H/t6-,7+,8+;;/m0../s1. The highest BCUT2D eigenvalue weighted by Gasteiger charge is 2.37. The number of aryl methyl sites for hydroxylation is 1. The summed E-state index contributed by atoms with van der Waals surface area (Å²) in [6.45, 7) is 2.35. The van der Waals surface area contributed by atoms with Crippen LogP contribution in [0.15, 0.2) is 27.9 Å². The molecule has 3 atom stereocenters. The average Bonchev–Trinajstić information content (AvgIpc) is 3.40. The van der Waals surface area contributed by atoms with E-state index in [2.05, 4.69) is 14.2 Å². The van der Waals surface area contributed by atoms with E-state index in [0.29, 0.717) is 12.0 Å². The molecule has 0 unspecified atom stereocenters. The van der Waals surface area contributed by atoms with Gasteiger partial charge in [-0.15, -0.1) is 0 Å². The molecule has 210 valence electrons. The van der Waals surface area contributed by atoms with Gasteiger partial charge in [0.2, 0.25) is 0 Å². The van der Waals surface area contributed by atoms with E-state index in [9.17, 15) is 28.8 Å². The molecule has 3 heterocycles. The highest BCUT2D eigenvalue weighted by molar-refractivity contribution is 7.46. The first-order valence-electron chi connectivity index (χ1n) is 10.8. The molecule has 2 aliphatic heterocycles. The van der Waals surface area contributed by atoms with Gasteiger partial charge in [0.05, 0.1) is 32.5 Å². The summed E-state index contributed by atoms with van der Waals surface area (Å²) in [5, 5.41) is 35.8. The largest absolute Gasteiger partial charge is 0.469 e. The van der Waals surface area contributed by atoms with Gasteiger partial charge in [-0.2, -0.15) is 0 Å². The lowest BCUT2D eigenvalue weighted by Gasteiger charge is -2.24. The van der Waals surface area contributed by atoms with Crippen molar-refractivity contribution < 1.29 is 58.4 Å². The maximum atomic E-state index is 11.7.